The van der Waals surface area contributed by atoms with Gasteiger partial charge >= 0.3 is 12.4 Å². The minimum atomic E-state index is -4.93. The van der Waals surface area contributed by atoms with Crippen molar-refractivity contribution in [3.8, 4) is 0 Å². The minimum absolute atomic E-state index is 0.00322. The molecule has 0 unspecified atom stereocenters. The van der Waals surface area contributed by atoms with Crippen molar-refractivity contribution < 1.29 is 31.4 Å². The first-order valence-electron chi connectivity index (χ1n) is 4.15. The Morgan fingerprint density at radius 3 is 1.88 bits per heavy atom. The first-order chi connectivity index (χ1) is 7.57. The van der Waals surface area contributed by atoms with Crippen molar-refractivity contribution in [2.75, 3.05) is 0 Å². The molecule has 1 aromatic carbocycles. The van der Waals surface area contributed by atoms with Gasteiger partial charge in [-0.2, -0.15) is 26.3 Å². The van der Waals surface area contributed by atoms with E-state index in [4.69, 9.17) is 5.11 Å². The number of aliphatic hydroxyl groups excluding tert-OH is 1. The van der Waals surface area contributed by atoms with Crippen LogP contribution in [0.1, 0.15) is 16.7 Å². The third kappa shape index (κ3) is 3.12. The van der Waals surface area contributed by atoms with Gasteiger partial charge in [-0.3, -0.25) is 0 Å². The Kier molecular flexibility index (Phi) is 3.78. The van der Waals surface area contributed by atoms with Gasteiger partial charge in [-0.15, -0.1) is 0 Å². The van der Waals surface area contributed by atoms with Gasteiger partial charge in [0.1, 0.15) is 0 Å². The maximum atomic E-state index is 12.5. The number of halogens is 7. The highest BCUT2D eigenvalue weighted by atomic mass is 79.9. The monoisotopic (exact) mass is 322 g/mol. The molecule has 1 N–H and O–H groups in total. The molecule has 0 amide bonds. The summed E-state index contributed by atoms with van der Waals surface area (Å²) in [6.45, 7) is -0.923. The lowest BCUT2D eigenvalue weighted by molar-refractivity contribution is -0.143. The molecule has 96 valence electrons. The number of hydrogen-bond donors (Lipinski definition) is 1. The minimum Gasteiger partial charge on any atom is -0.392 e. The molecule has 0 spiro atoms. The van der Waals surface area contributed by atoms with E-state index >= 15 is 0 Å². The molecule has 0 saturated heterocycles. The van der Waals surface area contributed by atoms with Gasteiger partial charge in [0.05, 0.1) is 17.7 Å². The lowest BCUT2D eigenvalue weighted by Gasteiger charge is -2.15. The normalized spacial score (nSPS) is 12.9. The van der Waals surface area contributed by atoms with Crippen molar-refractivity contribution in [1.82, 2.24) is 0 Å². The van der Waals surface area contributed by atoms with Crippen molar-refractivity contribution >= 4 is 15.9 Å². The highest BCUT2D eigenvalue weighted by molar-refractivity contribution is 9.10. The Hall–Kier alpha value is -0.760. The molecular weight excluding hydrogens is 318 g/mol. The fourth-order valence-corrected chi connectivity index (χ4v) is 1.75. The van der Waals surface area contributed by atoms with Crippen LogP contribution in [0.5, 0.6) is 0 Å². The maximum absolute atomic E-state index is 12.5. The summed E-state index contributed by atoms with van der Waals surface area (Å²) < 4.78 is 73.8. The number of rotatable bonds is 1. The van der Waals surface area contributed by atoms with Crippen LogP contribution in [0.4, 0.5) is 26.3 Å². The highest BCUT2D eigenvalue weighted by Crippen LogP contribution is 2.41. The van der Waals surface area contributed by atoms with E-state index in [1.54, 1.807) is 0 Å². The van der Waals surface area contributed by atoms with E-state index < -0.39 is 40.1 Å². The lowest BCUT2D eigenvalue weighted by atomic mass is 10.1. The summed E-state index contributed by atoms with van der Waals surface area (Å²) in [5.74, 6) is 0. The molecule has 8 heteroatoms. The Balaban J connectivity index is 3.50. The second kappa shape index (κ2) is 4.49. The predicted octanol–water partition coefficient (Wildman–Crippen LogP) is 3.98. The van der Waals surface area contributed by atoms with E-state index in [1.165, 1.54) is 0 Å². The topological polar surface area (TPSA) is 20.2 Å². The van der Waals surface area contributed by atoms with Crippen LogP contribution in [0, 0.1) is 0 Å². The average molecular weight is 323 g/mol. The second-order valence-electron chi connectivity index (χ2n) is 3.15. The number of hydrogen-bond acceptors (Lipinski definition) is 1. The van der Waals surface area contributed by atoms with Crippen molar-refractivity contribution in [2.24, 2.45) is 0 Å². The van der Waals surface area contributed by atoms with Crippen molar-refractivity contribution in [2.45, 2.75) is 19.0 Å². The molecular formula is C9H5BrF6O. The quantitative estimate of drug-likeness (QED) is 0.775. The molecule has 0 aromatic heterocycles. The van der Waals surface area contributed by atoms with Crippen LogP contribution in [0.15, 0.2) is 16.6 Å². The zero-order chi connectivity index (χ0) is 13.4. The summed E-state index contributed by atoms with van der Waals surface area (Å²) in [5.41, 5.74) is -3.37. The van der Waals surface area contributed by atoms with Crippen LogP contribution < -0.4 is 0 Å². The van der Waals surface area contributed by atoms with Gasteiger partial charge in [-0.05, 0) is 33.6 Å². The van der Waals surface area contributed by atoms with Crippen molar-refractivity contribution in [3.05, 3.63) is 33.3 Å². The molecule has 0 atom stereocenters. The van der Waals surface area contributed by atoms with Gasteiger partial charge < -0.3 is 5.11 Å². The summed E-state index contributed by atoms with van der Waals surface area (Å²) in [6, 6.07) is 0.475. The molecule has 17 heavy (non-hydrogen) atoms. The third-order valence-corrected chi connectivity index (χ3v) is 2.89. The predicted molar refractivity (Wildman–Crippen MR) is 50.1 cm³/mol. The fraction of sp³-hybridized carbons (Fsp3) is 0.333. The van der Waals surface area contributed by atoms with Crippen molar-refractivity contribution in [1.29, 1.82) is 0 Å². The van der Waals surface area contributed by atoms with E-state index in [-0.39, 0.29) is 6.07 Å². The summed E-state index contributed by atoms with van der Waals surface area (Å²) in [4.78, 5) is 0. The van der Waals surface area contributed by atoms with Gasteiger partial charge in [0.15, 0.2) is 0 Å². The largest absolute Gasteiger partial charge is 0.417 e. The Labute approximate surface area is 100 Å². The Bertz CT molecular complexity index is 423. The molecule has 0 aliphatic rings. The van der Waals surface area contributed by atoms with E-state index in [9.17, 15) is 26.3 Å². The van der Waals surface area contributed by atoms with Crippen LogP contribution in [0.3, 0.4) is 0 Å². The maximum Gasteiger partial charge on any atom is 0.417 e. The van der Waals surface area contributed by atoms with E-state index in [0.717, 1.165) is 0 Å². The first-order valence-corrected chi connectivity index (χ1v) is 4.94. The number of aliphatic hydroxyl groups is 1. The van der Waals surface area contributed by atoms with Gasteiger partial charge in [0.2, 0.25) is 0 Å². The van der Waals surface area contributed by atoms with Crippen molar-refractivity contribution in [3.63, 3.8) is 0 Å². The van der Waals surface area contributed by atoms with E-state index in [1.807, 2.05) is 0 Å². The van der Waals surface area contributed by atoms with Crippen LogP contribution in [0.25, 0.3) is 0 Å². The molecule has 0 fully saturated rings. The fourth-order valence-electron chi connectivity index (χ4n) is 1.17. The molecule has 0 aliphatic carbocycles. The number of alkyl halides is 6. The summed E-state index contributed by atoms with van der Waals surface area (Å²) in [6.07, 6.45) is -9.82. The SMILES string of the molecule is OCc1cc(C(F)(F)F)cc(C(F)(F)F)c1Br. The summed E-state index contributed by atoms with van der Waals surface area (Å²) >= 11 is 2.53. The van der Waals surface area contributed by atoms with Gasteiger partial charge in [0.25, 0.3) is 0 Å². The average Bonchev–Trinajstić information content (AvgIpc) is 2.14. The van der Waals surface area contributed by atoms with Gasteiger partial charge in [-0.1, -0.05) is 0 Å². The highest BCUT2D eigenvalue weighted by Gasteiger charge is 2.38. The zero-order valence-corrected chi connectivity index (χ0v) is 9.54. The molecule has 0 heterocycles. The molecule has 1 nitrogen and oxygen atoms in total. The standard InChI is InChI=1S/C9H5BrF6O/c10-7-4(3-17)1-5(8(11,12)13)2-6(7)9(14,15)16/h1-2,17H,3H2. The molecule has 1 rings (SSSR count). The van der Waals surface area contributed by atoms with Crippen LogP contribution >= 0.6 is 15.9 Å². The van der Waals surface area contributed by atoms with Crippen LogP contribution in [-0.2, 0) is 19.0 Å². The van der Waals surface area contributed by atoms with Gasteiger partial charge in [-0.25, -0.2) is 0 Å². The summed E-state index contributed by atoms with van der Waals surface area (Å²) in [5, 5.41) is 8.73. The molecule has 1 aromatic rings. The molecule has 0 aliphatic heterocycles. The third-order valence-electron chi connectivity index (χ3n) is 1.95. The Morgan fingerprint density at radius 1 is 1.00 bits per heavy atom. The smallest absolute Gasteiger partial charge is 0.392 e. The first kappa shape index (κ1) is 14.3. The van der Waals surface area contributed by atoms with E-state index in [2.05, 4.69) is 15.9 Å². The molecule has 0 radical (unpaired) electrons. The lowest BCUT2D eigenvalue weighted by Crippen LogP contribution is -2.13. The van der Waals surface area contributed by atoms with Crippen LogP contribution in [-0.4, -0.2) is 5.11 Å². The zero-order valence-electron chi connectivity index (χ0n) is 7.95. The Morgan fingerprint density at radius 2 is 1.53 bits per heavy atom. The molecule has 0 saturated carbocycles. The summed E-state index contributed by atoms with van der Waals surface area (Å²) in [7, 11) is 0. The van der Waals surface area contributed by atoms with Crippen LogP contribution in [0.2, 0.25) is 0 Å². The van der Waals surface area contributed by atoms with Gasteiger partial charge in [0, 0.05) is 4.47 Å². The second-order valence-corrected chi connectivity index (χ2v) is 3.94. The number of benzene rings is 1. The van der Waals surface area contributed by atoms with E-state index in [0.29, 0.717) is 6.07 Å². The molecule has 0 bridgehead atoms.